The highest BCUT2D eigenvalue weighted by Gasteiger charge is 2.09. The summed E-state index contributed by atoms with van der Waals surface area (Å²) in [5.41, 5.74) is 5.40. The highest BCUT2D eigenvalue weighted by atomic mass is 35.5. The van der Waals surface area contributed by atoms with E-state index < -0.39 is 18.2 Å². The molecule has 1 aromatic carbocycles. The van der Waals surface area contributed by atoms with Gasteiger partial charge in [0.2, 0.25) is 5.95 Å². The van der Waals surface area contributed by atoms with Gasteiger partial charge in [-0.3, -0.25) is 0 Å². The molecule has 0 aliphatic heterocycles. The van der Waals surface area contributed by atoms with E-state index in [0.29, 0.717) is 0 Å². The number of hydrogen-bond acceptors (Lipinski definition) is 6. The van der Waals surface area contributed by atoms with E-state index in [2.05, 4.69) is 25.6 Å². The van der Waals surface area contributed by atoms with E-state index in [0.717, 1.165) is 30.6 Å². The van der Waals surface area contributed by atoms with Crippen LogP contribution < -0.4 is 16.4 Å². The average Bonchev–Trinajstić information content (AvgIpc) is 2.61. The fraction of sp³-hybridized carbons (Fsp3) is 0.133. The van der Waals surface area contributed by atoms with Crippen molar-refractivity contribution < 1.29 is 17.6 Å². The predicted molar refractivity (Wildman–Crippen MR) is 91.1 cm³/mol. The van der Waals surface area contributed by atoms with E-state index >= 15 is 0 Å². The van der Waals surface area contributed by atoms with E-state index in [9.17, 15) is 17.6 Å². The molecule has 0 spiro atoms. The second kappa shape index (κ2) is 8.99. The number of alkyl halides is 2. The summed E-state index contributed by atoms with van der Waals surface area (Å²) in [7, 11) is 0. The minimum Gasteiger partial charge on any atom is -0.403 e. The number of halogens is 5. The van der Waals surface area contributed by atoms with E-state index in [4.69, 9.17) is 17.3 Å². The van der Waals surface area contributed by atoms with Gasteiger partial charge in [-0.15, -0.1) is 0 Å². The zero-order chi connectivity index (χ0) is 19.1. The maximum Gasteiger partial charge on any atom is 0.331 e. The van der Waals surface area contributed by atoms with Crippen LogP contribution in [0.4, 0.5) is 29.3 Å². The van der Waals surface area contributed by atoms with Gasteiger partial charge in [0.1, 0.15) is 16.7 Å². The molecule has 0 radical (unpaired) electrons. The van der Waals surface area contributed by atoms with Gasteiger partial charge in [-0.2, -0.15) is 13.8 Å². The van der Waals surface area contributed by atoms with Gasteiger partial charge in [0.25, 0.3) is 0 Å². The Morgan fingerprint density at radius 1 is 1.35 bits per heavy atom. The molecule has 0 aliphatic rings. The van der Waals surface area contributed by atoms with Crippen LogP contribution in [0.1, 0.15) is 5.56 Å². The first kappa shape index (κ1) is 19.4. The SMILES string of the molecule is NC=C(C=NC(F)F)Nc1ncc(Cl)c(NCc2cc(F)ccc2F)n1. The molecule has 2 aromatic rings. The number of hydrogen-bond donors (Lipinski definition) is 3. The normalized spacial score (nSPS) is 12.0. The molecular formula is C15H13ClF4N6. The van der Waals surface area contributed by atoms with E-state index in [1.807, 2.05) is 0 Å². The van der Waals surface area contributed by atoms with Crippen molar-refractivity contribution in [2.75, 3.05) is 10.6 Å². The quantitative estimate of drug-likeness (QED) is 0.383. The summed E-state index contributed by atoms with van der Waals surface area (Å²) in [5, 5.41) is 5.43. The molecule has 138 valence electrons. The van der Waals surface area contributed by atoms with Gasteiger partial charge in [-0.05, 0) is 18.2 Å². The summed E-state index contributed by atoms with van der Waals surface area (Å²) in [6.07, 6.45) is 3.05. The van der Waals surface area contributed by atoms with Gasteiger partial charge >= 0.3 is 6.55 Å². The van der Waals surface area contributed by atoms with Crippen molar-refractivity contribution >= 4 is 29.6 Å². The van der Waals surface area contributed by atoms with E-state index in [1.165, 1.54) is 6.20 Å². The number of benzene rings is 1. The lowest BCUT2D eigenvalue weighted by Crippen LogP contribution is -2.10. The number of nitrogens with one attached hydrogen (secondary N) is 2. The van der Waals surface area contributed by atoms with Crippen molar-refractivity contribution in [3.05, 3.63) is 58.5 Å². The largest absolute Gasteiger partial charge is 0.403 e. The van der Waals surface area contributed by atoms with Crippen molar-refractivity contribution in [1.82, 2.24) is 9.97 Å². The minimum absolute atomic E-state index is 0.0194. The molecule has 0 saturated heterocycles. The first-order valence-corrected chi connectivity index (χ1v) is 7.47. The van der Waals surface area contributed by atoms with Crippen LogP contribution in [-0.2, 0) is 6.54 Å². The van der Waals surface area contributed by atoms with Crippen LogP contribution in [0, 0.1) is 11.6 Å². The van der Waals surface area contributed by atoms with Crippen LogP contribution >= 0.6 is 11.6 Å². The van der Waals surface area contributed by atoms with Crippen molar-refractivity contribution in [3.63, 3.8) is 0 Å². The molecule has 0 aliphatic carbocycles. The maximum atomic E-state index is 13.6. The van der Waals surface area contributed by atoms with Crippen LogP contribution in [-0.4, -0.2) is 22.7 Å². The lowest BCUT2D eigenvalue weighted by molar-refractivity contribution is 0.160. The molecule has 0 saturated carbocycles. The first-order valence-electron chi connectivity index (χ1n) is 7.09. The number of nitrogens with zero attached hydrogens (tertiary/aromatic N) is 3. The van der Waals surface area contributed by atoms with Crippen molar-refractivity contribution in [2.45, 2.75) is 13.1 Å². The van der Waals surface area contributed by atoms with Gasteiger partial charge in [0.05, 0.1) is 18.1 Å². The van der Waals surface area contributed by atoms with Gasteiger partial charge in [-0.1, -0.05) is 11.6 Å². The van der Waals surface area contributed by atoms with Gasteiger partial charge in [0, 0.05) is 18.3 Å². The summed E-state index contributed by atoms with van der Waals surface area (Å²) in [6, 6.07) is 3.04. The molecule has 26 heavy (non-hydrogen) atoms. The number of allylic oxidation sites excluding steroid dienone is 1. The summed E-state index contributed by atoms with van der Waals surface area (Å²) in [6.45, 7) is -2.98. The molecular weight excluding hydrogens is 376 g/mol. The smallest absolute Gasteiger partial charge is 0.331 e. The molecule has 0 fully saturated rings. The predicted octanol–water partition coefficient (Wildman–Crippen LogP) is 3.53. The second-order valence-electron chi connectivity index (χ2n) is 4.78. The summed E-state index contributed by atoms with van der Waals surface area (Å²) < 4.78 is 51.0. The van der Waals surface area contributed by atoms with Gasteiger partial charge in [0.15, 0.2) is 5.82 Å². The topological polar surface area (TPSA) is 88.2 Å². The third-order valence-electron chi connectivity index (χ3n) is 2.96. The number of aromatic nitrogens is 2. The standard InChI is InChI=1S/C15H13ClF4N6/c16-11-7-24-15(25-10(4-21)6-23-14(19)20)26-13(11)22-5-8-3-9(17)1-2-12(8)18/h1-4,6-7,14H,5,21H2,(H2,22,24,25,26). The Bertz CT molecular complexity index is 828. The summed E-state index contributed by atoms with van der Waals surface area (Å²) >= 11 is 5.96. The van der Waals surface area contributed by atoms with Gasteiger partial charge < -0.3 is 16.4 Å². The van der Waals surface area contributed by atoms with Crippen LogP contribution in [0.5, 0.6) is 0 Å². The molecule has 4 N–H and O–H groups in total. The molecule has 0 unspecified atom stereocenters. The van der Waals surface area contributed by atoms with Crippen molar-refractivity contribution in [1.29, 1.82) is 0 Å². The average molecular weight is 389 g/mol. The fourth-order valence-corrected chi connectivity index (χ4v) is 1.95. The highest BCUT2D eigenvalue weighted by molar-refractivity contribution is 6.32. The Kier molecular flexibility index (Phi) is 6.73. The second-order valence-corrected chi connectivity index (χ2v) is 5.19. The van der Waals surface area contributed by atoms with E-state index in [-0.39, 0.29) is 34.6 Å². The van der Waals surface area contributed by atoms with Crippen LogP contribution in [0.15, 0.2) is 41.3 Å². The van der Waals surface area contributed by atoms with Crippen LogP contribution in [0.2, 0.25) is 5.02 Å². The zero-order valence-corrected chi connectivity index (χ0v) is 13.8. The number of anilines is 2. The van der Waals surface area contributed by atoms with Crippen molar-refractivity contribution in [2.24, 2.45) is 10.7 Å². The molecule has 0 amide bonds. The molecule has 0 bridgehead atoms. The number of nitrogens with two attached hydrogens (primary N) is 1. The first-order chi connectivity index (χ1) is 12.4. The summed E-state index contributed by atoms with van der Waals surface area (Å²) in [4.78, 5) is 10.8. The minimum atomic E-state index is -2.89. The monoisotopic (exact) mass is 388 g/mol. The zero-order valence-electron chi connectivity index (χ0n) is 13.1. The summed E-state index contributed by atoms with van der Waals surface area (Å²) in [5.74, 6) is -1.08. The Labute approximate surface area is 150 Å². The molecule has 11 heteroatoms. The van der Waals surface area contributed by atoms with Crippen LogP contribution in [0.3, 0.4) is 0 Å². The third kappa shape index (κ3) is 5.59. The van der Waals surface area contributed by atoms with E-state index in [1.54, 1.807) is 0 Å². The lowest BCUT2D eigenvalue weighted by atomic mass is 10.2. The number of aliphatic imine (C=N–C) groups is 1. The Morgan fingerprint density at radius 3 is 2.81 bits per heavy atom. The Hall–Kier alpha value is -2.88. The molecule has 1 heterocycles. The third-order valence-corrected chi connectivity index (χ3v) is 3.24. The molecule has 6 nitrogen and oxygen atoms in total. The van der Waals surface area contributed by atoms with Crippen molar-refractivity contribution in [3.8, 4) is 0 Å². The molecule has 1 aromatic heterocycles. The lowest BCUT2D eigenvalue weighted by Gasteiger charge is -2.11. The molecule has 0 atom stereocenters. The van der Waals surface area contributed by atoms with Crippen LogP contribution in [0.25, 0.3) is 0 Å². The Balaban J connectivity index is 2.12. The highest BCUT2D eigenvalue weighted by Crippen LogP contribution is 2.21. The maximum absolute atomic E-state index is 13.6. The van der Waals surface area contributed by atoms with Gasteiger partial charge in [-0.25, -0.2) is 18.8 Å². The Morgan fingerprint density at radius 2 is 2.12 bits per heavy atom. The number of rotatable bonds is 7. The fourth-order valence-electron chi connectivity index (χ4n) is 1.79. The molecule has 2 rings (SSSR count).